The number of carbonyl (C=O) groups is 1. The Kier molecular flexibility index (Phi) is 7.83. The van der Waals surface area contributed by atoms with Gasteiger partial charge in [0.15, 0.2) is 0 Å². The van der Waals surface area contributed by atoms with Gasteiger partial charge in [0.1, 0.15) is 5.82 Å². The quantitative estimate of drug-likeness (QED) is 0.408. The molecule has 1 aromatic heterocycles. The number of alkyl halides is 2. The van der Waals surface area contributed by atoms with Crippen LogP contribution in [0.1, 0.15) is 81.1 Å². The maximum atomic E-state index is 13.5. The highest BCUT2D eigenvalue weighted by Crippen LogP contribution is 2.44. The van der Waals surface area contributed by atoms with Crippen LogP contribution in [0.5, 0.6) is 0 Å². The van der Waals surface area contributed by atoms with Crippen molar-refractivity contribution in [2.75, 3.05) is 33.8 Å². The summed E-state index contributed by atoms with van der Waals surface area (Å²) in [6.07, 6.45) is 5.50. The van der Waals surface area contributed by atoms with Crippen LogP contribution >= 0.6 is 11.9 Å². The van der Waals surface area contributed by atoms with E-state index in [2.05, 4.69) is 46.8 Å². The molecule has 2 fully saturated rings. The van der Waals surface area contributed by atoms with Gasteiger partial charge in [-0.25, -0.2) is 13.8 Å². The summed E-state index contributed by atoms with van der Waals surface area (Å²) in [4.78, 5) is 23.9. The number of anilines is 3. The molecule has 1 aromatic carbocycles. The lowest BCUT2D eigenvalue weighted by Crippen LogP contribution is -2.39. The average Bonchev–Trinajstić information content (AvgIpc) is 2.82. The number of piperidine rings is 1. The Morgan fingerprint density at radius 1 is 1.14 bits per heavy atom. The number of amides is 1. The van der Waals surface area contributed by atoms with Gasteiger partial charge in [0.25, 0.3) is 11.8 Å². The molecule has 190 valence electrons. The van der Waals surface area contributed by atoms with Crippen LogP contribution < -0.4 is 14.9 Å². The molecule has 2 aromatic rings. The Hall–Kier alpha value is -2.42. The SMILES string of the molecule is CCSNc1ccc(C(=O)Nc2nccc(N3CCC(F)(F)CC3)n2)c(C2CCC(C)(C)CC2)c1. The standard InChI is InChI=1S/C26H35F2N5OS/c1-4-35-32-19-5-6-20(21(17-19)18-7-10-25(2,3)11-8-18)23(34)31-24-29-14-9-22(30-24)33-15-12-26(27,28)13-16-33/h5-6,9,14,17-18,32H,4,7-8,10-13,15-16H2,1-3H3,(H,29,30,31,34). The molecule has 6 nitrogen and oxygen atoms in total. The second-order valence-corrected chi connectivity index (χ2v) is 11.4. The van der Waals surface area contributed by atoms with Gasteiger partial charge in [-0.05, 0) is 66.8 Å². The van der Waals surface area contributed by atoms with E-state index in [1.54, 1.807) is 24.2 Å². The van der Waals surface area contributed by atoms with E-state index in [0.717, 1.165) is 42.7 Å². The Morgan fingerprint density at radius 2 is 1.86 bits per heavy atom. The van der Waals surface area contributed by atoms with Crippen molar-refractivity contribution in [2.45, 2.75) is 71.1 Å². The first-order chi connectivity index (χ1) is 16.7. The third-order valence-corrected chi connectivity index (χ3v) is 7.76. The normalized spacial score (nSPS) is 19.9. The summed E-state index contributed by atoms with van der Waals surface area (Å²) in [5, 5.41) is 2.85. The number of benzene rings is 1. The zero-order valence-corrected chi connectivity index (χ0v) is 21.6. The predicted molar refractivity (Wildman–Crippen MR) is 140 cm³/mol. The van der Waals surface area contributed by atoms with Crippen LogP contribution in [0.2, 0.25) is 0 Å². The third-order valence-electron chi connectivity index (χ3n) is 7.09. The molecule has 2 N–H and O–H groups in total. The lowest BCUT2D eigenvalue weighted by molar-refractivity contribution is -0.0221. The first-order valence-corrected chi connectivity index (χ1v) is 13.4. The topological polar surface area (TPSA) is 70.2 Å². The lowest BCUT2D eigenvalue weighted by atomic mass is 9.70. The third kappa shape index (κ3) is 6.63. The van der Waals surface area contributed by atoms with E-state index in [0.29, 0.717) is 22.7 Å². The molecule has 1 aliphatic carbocycles. The van der Waals surface area contributed by atoms with Crippen molar-refractivity contribution in [3.8, 4) is 0 Å². The zero-order valence-electron chi connectivity index (χ0n) is 20.7. The summed E-state index contributed by atoms with van der Waals surface area (Å²) in [6.45, 7) is 7.15. The molecule has 0 atom stereocenters. The lowest BCUT2D eigenvalue weighted by Gasteiger charge is -2.35. The van der Waals surface area contributed by atoms with Crippen molar-refractivity contribution in [2.24, 2.45) is 5.41 Å². The molecule has 35 heavy (non-hydrogen) atoms. The average molecular weight is 504 g/mol. The number of hydrogen-bond acceptors (Lipinski definition) is 6. The molecule has 0 unspecified atom stereocenters. The van der Waals surface area contributed by atoms with Crippen molar-refractivity contribution in [1.82, 2.24) is 9.97 Å². The van der Waals surface area contributed by atoms with E-state index in [1.165, 1.54) is 0 Å². The smallest absolute Gasteiger partial charge is 0.258 e. The molecular weight excluding hydrogens is 468 g/mol. The number of aromatic nitrogens is 2. The predicted octanol–water partition coefficient (Wildman–Crippen LogP) is 6.73. The molecule has 0 radical (unpaired) electrons. The Balaban J connectivity index is 1.53. The fraction of sp³-hybridized carbons (Fsp3) is 0.577. The van der Waals surface area contributed by atoms with Crippen LogP contribution in [0.4, 0.5) is 26.2 Å². The minimum atomic E-state index is -2.62. The number of halogens is 2. The van der Waals surface area contributed by atoms with Gasteiger partial charge in [0, 0.05) is 49.1 Å². The summed E-state index contributed by atoms with van der Waals surface area (Å²) in [7, 11) is 0. The van der Waals surface area contributed by atoms with E-state index in [9.17, 15) is 13.6 Å². The summed E-state index contributed by atoms with van der Waals surface area (Å²) in [5.41, 5.74) is 3.01. The Labute approximate surface area is 210 Å². The number of rotatable bonds is 7. The molecule has 1 aliphatic heterocycles. The van der Waals surface area contributed by atoms with E-state index >= 15 is 0 Å². The van der Waals surface area contributed by atoms with Gasteiger partial charge in [-0.2, -0.15) is 4.98 Å². The summed E-state index contributed by atoms with van der Waals surface area (Å²) in [5.74, 6) is -0.873. The molecule has 4 rings (SSSR count). The van der Waals surface area contributed by atoms with Crippen LogP contribution in [0.15, 0.2) is 30.5 Å². The highest BCUT2D eigenvalue weighted by Gasteiger charge is 2.34. The van der Waals surface area contributed by atoms with E-state index in [4.69, 9.17) is 0 Å². The van der Waals surface area contributed by atoms with Gasteiger partial charge in [-0.1, -0.05) is 32.7 Å². The summed E-state index contributed by atoms with van der Waals surface area (Å²) < 4.78 is 30.4. The van der Waals surface area contributed by atoms with Crippen LogP contribution in [0.25, 0.3) is 0 Å². The maximum absolute atomic E-state index is 13.5. The van der Waals surface area contributed by atoms with Crippen LogP contribution in [-0.2, 0) is 0 Å². The highest BCUT2D eigenvalue weighted by molar-refractivity contribution is 8.00. The Morgan fingerprint density at radius 3 is 2.54 bits per heavy atom. The second kappa shape index (κ2) is 10.7. The van der Waals surface area contributed by atoms with Crippen molar-refractivity contribution < 1.29 is 13.6 Å². The first-order valence-electron chi connectivity index (χ1n) is 12.4. The summed E-state index contributed by atoms with van der Waals surface area (Å²) in [6, 6.07) is 7.60. The molecule has 2 aliphatic rings. The fourth-order valence-corrected chi connectivity index (χ4v) is 5.29. The molecule has 1 saturated carbocycles. The first kappa shape index (κ1) is 25.7. The minimum absolute atomic E-state index is 0.185. The van der Waals surface area contributed by atoms with Crippen molar-refractivity contribution in [1.29, 1.82) is 0 Å². The van der Waals surface area contributed by atoms with Gasteiger partial charge in [0.05, 0.1) is 0 Å². The molecule has 1 amide bonds. The van der Waals surface area contributed by atoms with Gasteiger partial charge in [-0.15, -0.1) is 0 Å². The van der Waals surface area contributed by atoms with E-state index in [1.807, 2.05) is 17.0 Å². The van der Waals surface area contributed by atoms with Gasteiger partial charge in [0.2, 0.25) is 5.95 Å². The Bertz CT molecular complexity index is 1030. The monoisotopic (exact) mass is 503 g/mol. The second-order valence-electron chi connectivity index (χ2n) is 10.3. The zero-order chi connectivity index (χ0) is 25.1. The molecule has 0 spiro atoms. The van der Waals surface area contributed by atoms with Crippen LogP contribution in [0, 0.1) is 5.41 Å². The van der Waals surface area contributed by atoms with Crippen molar-refractivity contribution in [3.05, 3.63) is 41.6 Å². The van der Waals surface area contributed by atoms with Crippen LogP contribution in [-0.4, -0.2) is 40.6 Å². The number of hydrogen-bond donors (Lipinski definition) is 2. The van der Waals surface area contributed by atoms with Gasteiger partial charge < -0.3 is 9.62 Å². The van der Waals surface area contributed by atoms with E-state index < -0.39 is 5.92 Å². The summed E-state index contributed by atoms with van der Waals surface area (Å²) >= 11 is 1.63. The van der Waals surface area contributed by atoms with E-state index in [-0.39, 0.29) is 37.8 Å². The van der Waals surface area contributed by atoms with Crippen molar-refractivity contribution in [3.63, 3.8) is 0 Å². The highest BCUT2D eigenvalue weighted by atomic mass is 32.2. The maximum Gasteiger partial charge on any atom is 0.258 e. The van der Waals surface area contributed by atoms with Crippen molar-refractivity contribution >= 4 is 35.3 Å². The molecular formula is C26H35F2N5OS. The largest absolute Gasteiger partial charge is 0.356 e. The minimum Gasteiger partial charge on any atom is -0.356 e. The number of carbonyl (C=O) groups excluding carboxylic acids is 1. The van der Waals surface area contributed by atoms with Crippen LogP contribution in [0.3, 0.4) is 0 Å². The molecule has 2 heterocycles. The molecule has 9 heteroatoms. The number of nitrogens with zero attached hydrogens (tertiary/aromatic N) is 3. The van der Waals surface area contributed by atoms with Gasteiger partial charge in [-0.3, -0.25) is 10.1 Å². The fourth-order valence-electron chi connectivity index (χ4n) is 4.85. The van der Waals surface area contributed by atoms with Gasteiger partial charge >= 0.3 is 0 Å². The molecule has 0 bridgehead atoms. The molecule has 1 saturated heterocycles. The number of nitrogens with one attached hydrogen (secondary N) is 2.